The normalized spacial score (nSPS) is 18.0. The van der Waals surface area contributed by atoms with E-state index in [-0.39, 0.29) is 16.8 Å². The summed E-state index contributed by atoms with van der Waals surface area (Å²) in [4.78, 5) is 14.6. The molecule has 2 aromatic rings. The Balaban J connectivity index is 1.74. The highest BCUT2D eigenvalue weighted by Crippen LogP contribution is 2.25. The van der Waals surface area contributed by atoms with E-state index in [1.54, 1.807) is 40.5 Å². The number of nitrogens with zero attached hydrogens (tertiary/aromatic N) is 2. The van der Waals surface area contributed by atoms with Crippen LogP contribution in [-0.4, -0.2) is 43.2 Å². The molecule has 3 rings (SSSR count). The lowest BCUT2D eigenvalue weighted by molar-refractivity contribution is 0.0785. The van der Waals surface area contributed by atoms with Gasteiger partial charge >= 0.3 is 0 Å². The van der Waals surface area contributed by atoms with Crippen LogP contribution in [0.4, 0.5) is 0 Å². The van der Waals surface area contributed by atoms with Gasteiger partial charge in [0.25, 0.3) is 5.91 Å². The van der Waals surface area contributed by atoms with Crippen molar-refractivity contribution in [1.82, 2.24) is 9.21 Å². The van der Waals surface area contributed by atoms with Gasteiger partial charge in [-0.05, 0) is 62.1 Å². The molecular weight excluding hydrogens is 372 g/mol. The monoisotopic (exact) mass is 400 g/mol. The third-order valence-corrected chi connectivity index (χ3v) is 7.49. The van der Waals surface area contributed by atoms with E-state index in [0.29, 0.717) is 18.7 Å². The van der Waals surface area contributed by atoms with E-state index < -0.39 is 10.0 Å². The van der Waals surface area contributed by atoms with Crippen molar-refractivity contribution in [1.29, 1.82) is 0 Å². The minimum absolute atomic E-state index is 0.0142. The van der Waals surface area contributed by atoms with Crippen LogP contribution in [0.3, 0.4) is 0 Å². The summed E-state index contributed by atoms with van der Waals surface area (Å²) in [5.74, 6) is -0.126. The third kappa shape index (κ3) is 4.28. The minimum atomic E-state index is -3.52. The van der Waals surface area contributed by atoms with Gasteiger partial charge in [-0.3, -0.25) is 4.79 Å². The lowest BCUT2D eigenvalue weighted by Gasteiger charge is -2.32. The number of sulfonamides is 1. The molecule has 1 aliphatic heterocycles. The molecule has 1 unspecified atom stereocenters. The first kappa shape index (κ1) is 20.6. The molecular formula is C22H28N2O3S. The van der Waals surface area contributed by atoms with Crippen molar-refractivity contribution in [3.63, 3.8) is 0 Å². The van der Waals surface area contributed by atoms with Gasteiger partial charge in [0.15, 0.2) is 0 Å². The first-order valence-electron chi connectivity index (χ1n) is 9.72. The molecule has 1 amide bonds. The van der Waals surface area contributed by atoms with Crippen LogP contribution in [-0.2, 0) is 16.6 Å². The second-order valence-electron chi connectivity index (χ2n) is 7.57. The van der Waals surface area contributed by atoms with E-state index in [1.807, 2.05) is 38.1 Å². The summed E-state index contributed by atoms with van der Waals surface area (Å²) in [5.41, 5.74) is 2.72. The molecule has 0 spiro atoms. The van der Waals surface area contributed by atoms with Gasteiger partial charge in [0, 0.05) is 31.7 Å². The van der Waals surface area contributed by atoms with E-state index >= 15 is 0 Å². The number of carbonyl (C=O) groups is 1. The highest BCUT2D eigenvalue weighted by Gasteiger charge is 2.31. The minimum Gasteiger partial charge on any atom is -0.337 e. The molecule has 0 N–H and O–H groups in total. The fourth-order valence-corrected chi connectivity index (χ4v) is 5.37. The smallest absolute Gasteiger partial charge is 0.253 e. The van der Waals surface area contributed by atoms with Gasteiger partial charge in [0.1, 0.15) is 0 Å². The number of aryl methyl sites for hydroxylation is 1. The zero-order chi connectivity index (χ0) is 20.3. The van der Waals surface area contributed by atoms with Crippen LogP contribution in [0.1, 0.15) is 47.7 Å². The average molecular weight is 401 g/mol. The van der Waals surface area contributed by atoms with E-state index in [1.165, 1.54) is 0 Å². The molecule has 1 heterocycles. The predicted molar refractivity (Wildman–Crippen MR) is 111 cm³/mol. The molecule has 2 aromatic carbocycles. The van der Waals surface area contributed by atoms with Gasteiger partial charge in [0.05, 0.1) is 4.90 Å². The second kappa shape index (κ2) is 8.45. The zero-order valence-corrected chi connectivity index (χ0v) is 17.6. The molecule has 0 radical (unpaired) electrons. The summed E-state index contributed by atoms with van der Waals surface area (Å²) in [6.07, 6.45) is 2.84. The van der Waals surface area contributed by atoms with Crippen LogP contribution in [0.25, 0.3) is 0 Å². The molecule has 1 fully saturated rings. The molecule has 1 atom stereocenters. The van der Waals surface area contributed by atoms with Crippen molar-refractivity contribution in [2.75, 3.05) is 13.6 Å². The van der Waals surface area contributed by atoms with Gasteiger partial charge in [-0.1, -0.05) is 30.7 Å². The Morgan fingerprint density at radius 3 is 2.43 bits per heavy atom. The molecule has 6 heteroatoms. The summed E-state index contributed by atoms with van der Waals surface area (Å²) >= 11 is 0. The molecule has 5 nitrogen and oxygen atoms in total. The van der Waals surface area contributed by atoms with Gasteiger partial charge in [-0.2, -0.15) is 4.31 Å². The van der Waals surface area contributed by atoms with Crippen LogP contribution in [0.5, 0.6) is 0 Å². The van der Waals surface area contributed by atoms with Crippen LogP contribution in [0.15, 0.2) is 53.4 Å². The molecule has 1 aliphatic rings. The van der Waals surface area contributed by atoms with Crippen LogP contribution < -0.4 is 0 Å². The van der Waals surface area contributed by atoms with Gasteiger partial charge in [0.2, 0.25) is 10.0 Å². The number of carbonyl (C=O) groups excluding carboxylic acids is 1. The fourth-order valence-electron chi connectivity index (χ4n) is 3.67. The standard InChI is InChI=1S/C22H28N2O3S/c1-17-8-4-5-10-20(17)16-23(3)22(25)19-11-13-21(14-12-19)28(26,27)24-15-7-6-9-18(24)2/h4-5,8,10-14,18H,6-7,9,15-16H2,1-3H3. The molecule has 1 saturated heterocycles. The predicted octanol–water partition coefficient (Wildman–Crippen LogP) is 3.83. The Morgan fingerprint density at radius 1 is 1.11 bits per heavy atom. The SMILES string of the molecule is Cc1ccccc1CN(C)C(=O)c1ccc(S(=O)(=O)N2CCCCC2C)cc1. The summed E-state index contributed by atoms with van der Waals surface area (Å²) < 4.78 is 27.4. The quantitative estimate of drug-likeness (QED) is 0.766. The number of amides is 1. The van der Waals surface area contributed by atoms with Gasteiger partial charge < -0.3 is 4.90 Å². The summed E-state index contributed by atoms with van der Waals surface area (Å²) in [5, 5.41) is 0. The van der Waals surface area contributed by atoms with Crippen LogP contribution in [0.2, 0.25) is 0 Å². The van der Waals surface area contributed by atoms with Crippen LogP contribution in [0, 0.1) is 6.92 Å². The lowest BCUT2D eigenvalue weighted by atomic mass is 10.1. The number of benzene rings is 2. The molecule has 0 aliphatic carbocycles. The summed E-state index contributed by atoms with van der Waals surface area (Å²) in [6.45, 7) is 5.05. The lowest BCUT2D eigenvalue weighted by Crippen LogP contribution is -2.41. The molecule has 0 bridgehead atoms. The van der Waals surface area contributed by atoms with E-state index in [4.69, 9.17) is 0 Å². The molecule has 0 aromatic heterocycles. The van der Waals surface area contributed by atoms with Gasteiger partial charge in [-0.25, -0.2) is 8.42 Å². The Kier molecular flexibility index (Phi) is 6.20. The number of hydrogen-bond donors (Lipinski definition) is 0. The Morgan fingerprint density at radius 2 is 1.79 bits per heavy atom. The van der Waals surface area contributed by atoms with Crippen molar-refractivity contribution < 1.29 is 13.2 Å². The number of piperidine rings is 1. The summed E-state index contributed by atoms with van der Waals surface area (Å²) in [6, 6.07) is 14.3. The molecule has 28 heavy (non-hydrogen) atoms. The second-order valence-corrected chi connectivity index (χ2v) is 9.46. The maximum absolute atomic E-state index is 12.9. The molecule has 0 saturated carbocycles. The number of rotatable bonds is 5. The van der Waals surface area contributed by atoms with Gasteiger partial charge in [-0.15, -0.1) is 0 Å². The highest BCUT2D eigenvalue weighted by molar-refractivity contribution is 7.89. The van der Waals surface area contributed by atoms with Crippen molar-refractivity contribution in [3.05, 3.63) is 65.2 Å². The summed E-state index contributed by atoms with van der Waals surface area (Å²) in [7, 11) is -1.76. The maximum Gasteiger partial charge on any atom is 0.253 e. The van der Waals surface area contributed by atoms with Crippen molar-refractivity contribution in [3.8, 4) is 0 Å². The van der Waals surface area contributed by atoms with Crippen molar-refractivity contribution >= 4 is 15.9 Å². The zero-order valence-electron chi connectivity index (χ0n) is 16.8. The first-order chi connectivity index (χ1) is 13.3. The van der Waals surface area contributed by atoms with E-state index in [2.05, 4.69) is 0 Å². The van der Waals surface area contributed by atoms with Crippen LogP contribution >= 0.6 is 0 Å². The third-order valence-electron chi connectivity index (χ3n) is 5.47. The molecule has 150 valence electrons. The fraction of sp³-hybridized carbons (Fsp3) is 0.409. The van der Waals surface area contributed by atoms with E-state index in [9.17, 15) is 13.2 Å². The Labute approximate surface area is 168 Å². The largest absolute Gasteiger partial charge is 0.337 e. The topological polar surface area (TPSA) is 57.7 Å². The Bertz CT molecular complexity index is 939. The number of hydrogen-bond acceptors (Lipinski definition) is 3. The first-order valence-corrected chi connectivity index (χ1v) is 11.2. The maximum atomic E-state index is 12.9. The average Bonchev–Trinajstić information content (AvgIpc) is 2.69. The highest BCUT2D eigenvalue weighted by atomic mass is 32.2. The Hall–Kier alpha value is -2.18. The van der Waals surface area contributed by atoms with Crippen molar-refractivity contribution in [2.45, 2.75) is 50.6 Å². The van der Waals surface area contributed by atoms with E-state index in [0.717, 1.165) is 30.4 Å². The van der Waals surface area contributed by atoms with Crippen molar-refractivity contribution in [2.24, 2.45) is 0 Å².